The van der Waals surface area contributed by atoms with E-state index in [4.69, 9.17) is 10.2 Å². The van der Waals surface area contributed by atoms with E-state index in [0.717, 1.165) is 0 Å². The smallest absolute Gasteiger partial charge is 0.117 e. The number of hydrogen-bond donors (Lipinski definition) is 2. The Kier molecular flexibility index (Phi) is 1.31. The monoisotopic (exact) mass is 115 g/mol. The van der Waals surface area contributed by atoms with Crippen LogP contribution in [0.4, 0.5) is 0 Å². The summed E-state index contributed by atoms with van der Waals surface area (Å²) in [6.07, 6.45) is -0.0602. The molecule has 0 spiro atoms. The molecule has 3 heteroatoms. The molecule has 0 fully saturated rings. The van der Waals surface area contributed by atoms with Gasteiger partial charge in [0.05, 0.1) is 6.04 Å². The fraction of sp³-hybridized carbons (Fsp3) is 0.800. The molecule has 46 valence electrons. The summed E-state index contributed by atoms with van der Waals surface area (Å²) in [7, 11) is 0. The molecule has 0 aromatic heterocycles. The van der Waals surface area contributed by atoms with Gasteiger partial charge in [-0.2, -0.15) is 0 Å². The predicted octanol–water partition coefficient (Wildman–Crippen LogP) is -0.819. The molecule has 1 heterocycles. The molecular formula is C5H9NO2. The molecule has 8 heavy (non-hydrogen) atoms. The first kappa shape index (κ1) is 5.72. The van der Waals surface area contributed by atoms with Gasteiger partial charge in [0.2, 0.25) is 0 Å². The average Bonchev–Trinajstić information content (AvgIpc) is 1.98. The third-order valence-corrected chi connectivity index (χ3v) is 1.32. The lowest BCUT2D eigenvalue weighted by Gasteiger charge is -2.08. The summed E-state index contributed by atoms with van der Waals surface area (Å²) in [6, 6.07) is -0.134. The van der Waals surface area contributed by atoms with E-state index in [-0.39, 0.29) is 6.04 Å². The quantitative estimate of drug-likeness (QED) is 0.433. The molecule has 0 saturated heterocycles. The van der Waals surface area contributed by atoms with Gasteiger partial charge in [0.1, 0.15) is 12.2 Å². The summed E-state index contributed by atoms with van der Waals surface area (Å²) < 4.78 is 0. The van der Waals surface area contributed by atoms with Gasteiger partial charge >= 0.3 is 0 Å². The molecule has 2 N–H and O–H groups in total. The normalized spacial score (nSPS) is 45.6. The first-order valence-corrected chi connectivity index (χ1v) is 2.61. The first-order valence-electron chi connectivity index (χ1n) is 2.61. The van der Waals surface area contributed by atoms with Gasteiger partial charge in [-0.05, 0) is 6.92 Å². The van der Waals surface area contributed by atoms with Crippen molar-refractivity contribution in [3.05, 3.63) is 0 Å². The number of aliphatic hydroxyl groups is 2. The Balaban J connectivity index is 2.55. The molecule has 0 amide bonds. The minimum Gasteiger partial charge on any atom is -0.388 e. The minimum absolute atomic E-state index is 0.134. The third kappa shape index (κ3) is 0.743. The zero-order valence-electron chi connectivity index (χ0n) is 4.65. The van der Waals surface area contributed by atoms with Gasteiger partial charge in [-0.1, -0.05) is 0 Å². The van der Waals surface area contributed by atoms with Gasteiger partial charge in [0.15, 0.2) is 0 Å². The molecule has 0 radical (unpaired) electrons. The average molecular weight is 115 g/mol. The van der Waals surface area contributed by atoms with Crippen molar-refractivity contribution in [3.8, 4) is 0 Å². The van der Waals surface area contributed by atoms with E-state index in [0.29, 0.717) is 0 Å². The minimum atomic E-state index is -0.745. The number of aliphatic imine (C=N–C) groups is 1. The first-order chi connectivity index (χ1) is 3.72. The van der Waals surface area contributed by atoms with Crippen LogP contribution in [0.2, 0.25) is 0 Å². The van der Waals surface area contributed by atoms with Gasteiger partial charge in [-0.15, -0.1) is 0 Å². The lowest BCUT2D eigenvalue weighted by atomic mass is 10.2. The summed E-state index contributed by atoms with van der Waals surface area (Å²) in [4.78, 5) is 3.77. The van der Waals surface area contributed by atoms with Crippen LogP contribution in [0.3, 0.4) is 0 Å². The van der Waals surface area contributed by atoms with Crippen LogP contribution >= 0.6 is 0 Å². The molecule has 0 bridgehead atoms. The number of rotatable bonds is 0. The molecular weight excluding hydrogens is 106 g/mol. The SMILES string of the molecule is C[C@@H]1N=C[C@@H](O)[C@@H]1O. The Morgan fingerprint density at radius 1 is 1.50 bits per heavy atom. The van der Waals surface area contributed by atoms with Crippen LogP contribution in [0, 0.1) is 0 Å². The van der Waals surface area contributed by atoms with Crippen LogP contribution in [0.15, 0.2) is 4.99 Å². The van der Waals surface area contributed by atoms with E-state index in [1.54, 1.807) is 6.92 Å². The Labute approximate surface area is 47.7 Å². The van der Waals surface area contributed by atoms with E-state index >= 15 is 0 Å². The van der Waals surface area contributed by atoms with Gasteiger partial charge in [0, 0.05) is 6.21 Å². The van der Waals surface area contributed by atoms with Crippen molar-refractivity contribution in [3.63, 3.8) is 0 Å². The highest BCUT2D eigenvalue weighted by Gasteiger charge is 2.25. The maximum atomic E-state index is 8.89. The molecule has 3 atom stereocenters. The van der Waals surface area contributed by atoms with Crippen LogP contribution < -0.4 is 0 Å². The third-order valence-electron chi connectivity index (χ3n) is 1.32. The second-order valence-electron chi connectivity index (χ2n) is 2.02. The summed E-state index contributed by atoms with van der Waals surface area (Å²) in [6.45, 7) is 1.76. The molecule has 0 aromatic carbocycles. The van der Waals surface area contributed by atoms with Gasteiger partial charge in [-0.3, -0.25) is 4.99 Å². The standard InChI is InChI=1S/C5H9NO2/c1-3-5(8)4(7)2-6-3/h2-5,7-8H,1H3/t3-,4+,5+/m0/s1. The Morgan fingerprint density at radius 3 is 2.25 bits per heavy atom. The zero-order chi connectivity index (χ0) is 6.15. The second-order valence-corrected chi connectivity index (χ2v) is 2.02. The fourth-order valence-electron chi connectivity index (χ4n) is 0.686. The van der Waals surface area contributed by atoms with Crippen molar-refractivity contribution >= 4 is 6.21 Å². The second kappa shape index (κ2) is 1.84. The fourth-order valence-corrected chi connectivity index (χ4v) is 0.686. The predicted molar refractivity (Wildman–Crippen MR) is 30.0 cm³/mol. The lowest BCUT2D eigenvalue weighted by Crippen LogP contribution is -2.28. The Morgan fingerprint density at radius 2 is 2.12 bits per heavy atom. The highest BCUT2D eigenvalue weighted by Crippen LogP contribution is 2.08. The summed E-state index contributed by atoms with van der Waals surface area (Å²) in [5.74, 6) is 0. The molecule has 0 saturated carbocycles. The van der Waals surface area contributed by atoms with E-state index < -0.39 is 12.2 Å². The molecule has 1 rings (SSSR count). The van der Waals surface area contributed by atoms with E-state index in [1.165, 1.54) is 6.21 Å². The lowest BCUT2D eigenvalue weighted by molar-refractivity contribution is 0.0608. The number of aliphatic hydroxyl groups excluding tert-OH is 2. The molecule has 0 aliphatic carbocycles. The largest absolute Gasteiger partial charge is 0.388 e. The van der Waals surface area contributed by atoms with E-state index in [1.807, 2.05) is 0 Å². The van der Waals surface area contributed by atoms with Crippen LogP contribution in [0.25, 0.3) is 0 Å². The summed E-state index contributed by atoms with van der Waals surface area (Å²) >= 11 is 0. The van der Waals surface area contributed by atoms with Crippen molar-refractivity contribution in [2.75, 3.05) is 0 Å². The topological polar surface area (TPSA) is 52.8 Å². The maximum absolute atomic E-state index is 8.89. The zero-order valence-corrected chi connectivity index (χ0v) is 4.65. The van der Waals surface area contributed by atoms with Gasteiger partial charge in [0.25, 0.3) is 0 Å². The Bertz CT molecular complexity index is 101. The highest BCUT2D eigenvalue weighted by molar-refractivity contribution is 5.66. The van der Waals surface area contributed by atoms with Crippen molar-refractivity contribution in [2.45, 2.75) is 25.2 Å². The Hall–Kier alpha value is -0.410. The molecule has 1 aliphatic rings. The highest BCUT2D eigenvalue weighted by atomic mass is 16.3. The van der Waals surface area contributed by atoms with E-state index in [2.05, 4.69) is 4.99 Å². The summed E-state index contributed by atoms with van der Waals surface area (Å²) in [5.41, 5.74) is 0. The van der Waals surface area contributed by atoms with Crippen molar-refractivity contribution < 1.29 is 10.2 Å². The number of nitrogens with zero attached hydrogens (tertiary/aromatic N) is 1. The van der Waals surface area contributed by atoms with Gasteiger partial charge in [-0.25, -0.2) is 0 Å². The number of hydrogen-bond acceptors (Lipinski definition) is 3. The summed E-state index contributed by atoms with van der Waals surface area (Å²) in [5, 5.41) is 17.7. The molecule has 1 aliphatic heterocycles. The maximum Gasteiger partial charge on any atom is 0.117 e. The molecule has 0 aromatic rings. The van der Waals surface area contributed by atoms with Gasteiger partial charge < -0.3 is 10.2 Å². The van der Waals surface area contributed by atoms with E-state index in [9.17, 15) is 0 Å². The van der Waals surface area contributed by atoms with Crippen LogP contribution in [-0.2, 0) is 0 Å². The van der Waals surface area contributed by atoms with Crippen LogP contribution in [0.5, 0.6) is 0 Å². The van der Waals surface area contributed by atoms with Crippen molar-refractivity contribution in [1.82, 2.24) is 0 Å². The molecule has 0 unspecified atom stereocenters. The molecule has 3 nitrogen and oxygen atoms in total. The van der Waals surface area contributed by atoms with Crippen LogP contribution in [0.1, 0.15) is 6.92 Å². The van der Waals surface area contributed by atoms with Crippen molar-refractivity contribution in [2.24, 2.45) is 4.99 Å². The van der Waals surface area contributed by atoms with Crippen molar-refractivity contribution in [1.29, 1.82) is 0 Å². The van der Waals surface area contributed by atoms with Crippen LogP contribution in [-0.4, -0.2) is 34.7 Å².